The van der Waals surface area contributed by atoms with E-state index in [0.717, 1.165) is 29.5 Å². The molecule has 0 atom stereocenters. The molecule has 6 heteroatoms. The molecule has 27 heavy (non-hydrogen) atoms. The van der Waals surface area contributed by atoms with Gasteiger partial charge in [0, 0.05) is 11.9 Å². The molecule has 0 aliphatic rings. The van der Waals surface area contributed by atoms with Gasteiger partial charge in [-0.2, -0.15) is 5.10 Å². The van der Waals surface area contributed by atoms with Crippen LogP contribution in [0.3, 0.4) is 0 Å². The molecule has 5 nitrogen and oxygen atoms in total. The predicted molar refractivity (Wildman–Crippen MR) is 113 cm³/mol. The standard InChI is InChI=1S/C21H23N3O2.ClH/c1-23(2)12-3-13-24-21(26)20-11-8-17(14-18(20)15-22-24)5-4-16-6-9-19(25)10-7-16;/h4-11,14-15,25H,3,12-13H2,1-2H3;1H/b5-4+;. The molecule has 0 saturated carbocycles. The number of aryl methyl sites for hydroxylation is 1. The Kier molecular flexibility index (Phi) is 7.16. The van der Waals surface area contributed by atoms with Crippen molar-refractivity contribution in [3.05, 3.63) is 70.1 Å². The molecule has 0 radical (unpaired) electrons. The Labute approximate surface area is 165 Å². The van der Waals surface area contributed by atoms with Gasteiger partial charge in [0.15, 0.2) is 0 Å². The molecule has 3 aromatic rings. The van der Waals surface area contributed by atoms with Crippen LogP contribution < -0.4 is 5.56 Å². The Balaban J connectivity index is 0.00000261. The number of hydrogen-bond acceptors (Lipinski definition) is 4. The number of rotatable bonds is 6. The molecule has 0 unspecified atom stereocenters. The SMILES string of the molecule is CN(C)CCCn1ncc2cc(/C=C/c3ccc(O)cc3)ccc2c1=O.Cl. The van der Waals surface area contributed by atoms with E-state index >= 15 is 0 Å². The summed E-state index contributed by atoms with van der Waals surface area (Å²) in [5, 5.41) is 15.2. The van der Waals surface area contributed by atoms with Gasteiger partial charge in [0.25, 0.3) is 5.56 Å². The van der Waals surface area contributed by atoms with Gasteiger partial charge in [-0.1, -0.05) is 30.4 Å². The van der Waals surface area contributed by atoms with Crippen molar-refractivity contribution in [2.75, 3.05) is 20.6 Å². The second kappa shape index (κ2) is 9.35. The normalized spacial score (nSPS) is 11.2. The van der Waals surface area contributed by atoms with Gasteiger partial charge < -0.3 is 10.0 Å². The summed E-state index contributed by atoms with van der Waals surface area (Å²) >= 11 is 0. The highest BCUT2D eigenvalue weighted by Gasteiger charge is 2.04. The molecule has 0 spiro atoms. The van der Waals surface area contributed by atoms with Crippen LogP contribution in [0.1, 0.15) is 17.5 Å². The first-order chi connectivity index (χ1) is 12.5. The van der Waals surface area contributed by atoms with Crippen LogP contribution >= 0.6 is 12.4 Å². The maximum Gasteiger partial charge on any atom is 0.274 e. The largest absolute Gasteiger partial charge is 0.508 e. The molecule has 1 N–H and O–H groups in total. The molecular formula is C21H24ClN3O2. The maximum atomic E-state index is 12.6. The number of phenols is 1. The summed E-state index contributed by atoms with van der Waals surface area (Å²) in [5.74, 6) is 0.251. The molecule has 142 valence electrons. The summed E-state index contributed by atoms with van der Waals surface area (Å²) in [6.45, 7) is 1.54. The number of benzene rings is 2. The average molecular weight is 386 g/mol. The zero-order valence-corrected chi connectivity index (χ0v) is 16.3. The number of hydrogen-bond donors (Lipinski definition) is 1. The first-order valence-electron chi connectivity index (χ1n) is 8.65. The third kappa shape index (κ3) is 5.42. The summed E-state index contributed by atoms with van der Waals surface area (Å²) < 4.78 is 1.54. The number of aromatic nitrogens is 2. The van der Waals surface area contributed by atoms with Crippen LogP contribution in [-0.4, -0.2) is 40.4 Å². The van der Waals surface area contributed by atoms with Gasteiger partial charge >= 0.3 is 0 Å². The van der Waals surface area contributed by atoms with Gasteiger partial charge in [-0.05, 0) is 62.5 Å². The van der Waals surface area contributed by atoms with Crippen LogP contribution in [0.4, 0.5) is 0 Å². The lowest BCUT2D eigenvalue weighted by molar-refractivity contribution is 0.378. The highest BCUT2D eigenvalue weighted by atomic mass is 35.5. The summed E-state index contributed by atoms with van der Waals surface area (Å²) in [5.41, 5.74) is 1.95. The fraction of sp³-hybridized carbons (Fsp3) is 0.238. The van der Waals surface area contributed by atoms with Crippen molar-refractivity contribution in [3.63, 3.8) is 0 Å². The Morgan fingerprint density at radius 2 is 1.74 bits per heavy atom. The maximum absolute atomic E-state index is 12.6. The van der Waals surface area contributed by atoms with E-state index in [1.165, 1.54) is 4.68 Å². The van der Waals surface area contributed by atoms with Gasteiger partial charge in [-0.15, -0.1) is 12.4 Å². The monoisotopic (exact) mass is 385 g/mol. The summed E-state index contributed by atoms with van der Waals surface area (Å²) in [7, 11) is 4.04. The molecule has 2 aromatic carbocycles. The number of halogens is 1. The first-order valence-corrected chi connectivity index (χ1v) is 8.65. The quantitative estimate of drug-likeness (QED) is 0.658. The van der Waals surface area contributed by atoms with E-state index in [-0.39, 0.29) is 23.7 Å². The zero-order valence-electron chi connectivity index (χ0n) is 15.5. The van der Waals surface area contributed by atoms with Gasteiger partial charge in [-0.25, -0.2) is 4.68 Å². The Hall–Kier alpha value is -2.63. The van der Waals surface area contributed by atoms with E-state index in [9.17, 15) is 9.90 Å². The van der Waals surface area contributed by atoms with Crippen LogP contribution in [0.5, 0.6) is 5.75 Å². The van der Waals surface area contributed by atoms with E-state index in [2.05, 4.69) is 10.00 Å². The lowest BCUT2D eigenvalue weighted by Gasteiger charge is -2.10. The van der Waals surface area contributed by atoms with Gasteiger partial charge in [0.1, 0.15) is 5.75 Å². The third-order valence-corrected chi connectivity index (χ3v) is 4.21. The molecule has 1 aromatic heterocycles. The molecule has 1 heterocycles. The molecular weight excluding hydrogens is 362 g/mol. The highest BCUT2D eigenvalue weighted by Crippen LogP contribution is 2.16. The Morgan fingerprint density at radius 3 is 2.44 bits per heavy atom. The second-order valence-electron chi connectivity index (χ2n) is 6.60. The lowest BCUT2D eigenvalue weighted by atomic mass is 10.1. The van der Waals surface area contributed by atoms with Crippen molar-refractivity contribution in [3.8, 4) is 5.75 Å². The molecule has 0 saturated heterocycles. The van der Waals surface area contributed by atoms with E-state index < -0.39 is 0 Å². The summed E-state index contributed by atoms with van der Waals surface area (Å²) in [4.78, 5) is 14.7. The van der Waals surface area contributed by atoms with Crippen molar-refractivity contribution in [1.29, 1.82) is 0 Å². The molecule has 0 amide bonds. The van der Waals surface area contributed by atoms with Crippen LogP contribution in [-0.2, 0) is 6.54 Å². The average Bonchev–Trinajstić information content (AvgIpc) is 2.63. The fourth-order valence-electron chi connectivity index (χ4n) is 2.78. The molecule has 0 fully saturated rings. The number of aromatic hydroxyl groups is 1. The fourth-order valence-corrected chi connectivity index (χ4v) is 2.78. The minimum absolute atomic E-state index is 0. The number of phenolic OH excluding ortho intramolecular Hbond substituents is 1. The minimum atomic E-state index is -0.0460. The number of nitrogens with zero attached hydrogens (tertiary/aromatic N) is 3. The summed E-state index contributed by atoms with van der Waals surface area (Å²) in [6.07, 6.45) is 6.59. The van der Waals surface area contributed by atoms with Crippen molar-refractivity contribution in [1.82, 2.24) is 14.7 Å². The van der Waals surface area contributed by atoms with Crippen LogP contribution in [0.2, 0.25) is 0 Å². The van der Waals surface area contributed by atoms with Crippen LogP contribution in [0, 0.1) is 0 Å². The van der Waals surface area contributed by atoms with E-state index in [1.54, 1.807) is 18.3 Å². The van der Waals surface area contributed by atoms with Crippen molar-refractivity contribution >= 4 is 35.3 Å². The predicted octanol–water partition coefficient (Wildman–Crippen LogP) is 3.65. The Morgan fingerprint density at radius 1 is 1.07 bits per heavy atom. The van der Waals surface area contributed by atoms with Crippen molar-refractivity contribution < 1.29 is 5.11 Å². The Bertz CT molecular complexity index is 979. The van der Waals surface area contributed by atoms with Crippen LogP contribution in [0.25, 0.3) is 22.9 Å². The van der Waals surface area contributed by atoms with Gasteiger partial charge in [0.2, 0.25) is 0 Å². The van der Waals surface area contributed by atoms with Crippen molar-refractivity contribution in [2.45, 2.75) is 13.0 Å². The highest BCUT2D eigenvalue weighted by molar-refractivity contribution is 5.85. The molecule has 0 aliphatic heterocycles. The van der Waals surface area contributed by atoms with Gasteiger partial charge in [-0.3, -0.25) is 4.79 Å². The van der Waals surface area contributed by atoms with E-state index in [0.29, 0.717) is 11.9 Å². The van der Waals surface area contributed by atoms with E-state index in [1.807, 2.05) is 56.6 Å². The zero-order chi connectivity index (χ0) is 18.5. The molecule has 0 bridgehead atoms. The van der Waals surface area contributed by atoms with Gasteiger partial charge in [0.05, 0.1) is 11.6 Å². The molecule has 3 rings (SSSR count). The smallest absolute Gasteiger partial charge is 0.274 e. The first kappa shape index (κ1) is 20.7. The van der Waals surface area contributed by atoms with Crippen LogP contribution in [0.15, 0.2) is 53.5 Å². The van der Waals surface area contributed by atoms with E-state index in [4.69, 9.17) is 0 Å². The summed E-state index contributed by atoms with van der Waals surface area (Å²) in [6, 6.07) is 12.8. The third-order valence-electron chi connectivity index (χ3n) is 4.21. The topological polar surface area (TPSA) is 58.4 Å². The lowest BCUT2D eigenvalue weighted by Crippen LogP contribution is -2.25. The number of fused-ring (bicyclic) bond motifs is 1. The second-order valence-corrected chi connectivity index (χ2v) is 6.60. The molecule has 0 aliphatic carbocycles. The minimum Gasteiger partial charge on any atom is -0.508 e. The van der Waals surface area contributed by atoms with Crippen molar-refractivity contribution in [2.24, 2.45) is 0 Å².